The van der Waals surface area contributed by atoms with E-state index in [1.807, 2.05) is 12.1 Å². The molecular weight excluding hydrogens is 248 g/mol. The van der Waals surface area contributed by atoms with Gasteiger partial charge in [-0.25, -0.2) is 0 Å². The van der Waals surface area contributed by atoms with Crippen molar-refractivity contribution in [1.82, 2.24) is 5.43 Å². The Bertz CT molecular complexity index is 386. The highest BCUT2D eigenvalue weighted by Crippen LogP contribution is 2.28. The number of rotatable bonds is 6. The molecule has 0 heterocycles. The second-order valence-corrected chi connectivity index (χ2v) is 5.97. The summed E-state index contributed by atoms with van der Waals surface area (Å²) in [5, 5.41) is 0. The number of nitrogens with one attached hydrogen (secondary N) is 1. The van der Waals surface area contributed by atoms with Crippen molar-refractivity contribution < 1.29 is 4.74 Å². The number of hydrogen-bond acceptors (Lipinski definition) is 3. The van der Waals surface area contributed by atoms with Gasteiger partial charge in [-0.05, 0) is 30.4 Å². The summed E-state index contributed by atoms with van der Waals surface area (Å²) in [5.41, 5.74) is 4.26. The third-order valence-corrected chi connectivity index (χ3v) is 4.49. The number of methoxy groups -OCH3 is 1. The average Bonchev–Trinajstić information content (AvgIpc) is 2.75. The van der Waals surface area contributed by atoms with E-state index in [1.54, 1.807) is 7.11 Å². The number of hydrogen-bond donors (Lipinski definition) is 2. The Morgan fingerprint density at radius 2 is 1.90 bits per heavy atom. The molecule has 0 aromatic heterocycles. The molecule has 0 amide bonds. The fourth-order valence-corrected chi connectivity index (χ4v) is 3.35. The van der Waals surface area contributed by atoms with E-state index in [0.29, 0.717) is 6.04 Å². The van der Waals surface area contributed by atoms with Gasteiger partial charge in [-0.1, -0.05) is 56.7 Å². The molecule has 3 heteroatoms. The number of nitrogens with two attached hydrogens (primary N) is 1. The van der Waals surface area contributed by atoms with Crippen molar-refractivity contribution in [2.24, 2.45) is 11.8 Å². The van der Waals surface area contributed by atoms with Gasteiger partial charge in [0.2, 0.25) is 0 Å². The quantitative estimate of drug-likeness (QED) is 0.475. The molecule has 1 aromatic rings. The van der Waals surface area contributed by atoms with E-state index in [0.717, 1.165) is 18.1 Å². The second kappa shape index (κ2) is 8.28. The molecule has 3 N–H and O–H groups in total. The Morgan fingerprint density at radius 1 is 1.20 bits per heavy atom. The van der Waals surface area contributed by atoms with Crippen LogP contribution in [0.5, 0.6) is 5.75 Å². The van der Waals surface area contributed by atoms with Crippen LogP contribution in [-0.2, 0) is 6.42 Å². The maximum atomic E-state index is 5.78. The molecule has 1 aromatic carbocycles. The summed E-state index contributed by atoms with van der Waals surface area (Å²) in [6, 6.07) is 8.58. The van der Waals surface area contributed by atoms with Gasteiger partial charge < -0.3 is 4.74 Å². The molecule has 1 aliphatic carbocycles. The SMILES string of the molecule is COc1ccccc1CC(CC1CCCCCC1)NN. The van der Waals surface area contributed by atoms with E-state index in [-0.39, 0.29) is 0 Å². The van der Waals surface area contributed by atoms with E-state index in [4.69, 9.17) is 10.6 Å². The van der Waals surface area contributed by atoms with Crippen molar-refractivity contribution in [3.63, 3.8) is 0 Å². The van der Waals surface area contributed by atoms with Gasteiger partial charge >= 0.3 is 0 Å². The molecule has 0 aliphatic heterocycles. The molecule has 1 atom stereocenters. The molecule has 1 aliphatic rings. The Kier molecular flexibility index (Phi) is 6.34. The minimum atomic E-state index is 0.342. The maximum absolute atomic E-state index is 5.78. The summed E-state index contributed by atoms with van der Waals surface area (Å²) < 4.78 is 5.43. The third-order valence-electron chi connectivity index (χ3n) is 4.49. The first-order valence-electron chi connectivity index (χ1n) is 7.91. The molecular formula is C17H28N2O. The minimum Gasteiger partial charge on any atom is -0.496 e. The van der Waals surface area contributed by atoms with Crippen LogP contribution in [0.3, 0.4) is 0 Å². The first kappa shape index (κ1) is 15.3. The Hall–Kier alpha value is -1.06. The highest BCUT2D eigenvalue weighted by Gasteiger charge is 2.18. The number of para-hydroxylation sites is 1. The number of benzene rings is 1. The predicted molar refractivity (Wildman–Crippen MR) is 83.6 cm³/mol. The number of ether oxygens (including phenoxy) is 1. The normalized spacial score (nSPS) is 18.5. The highest BCUT2D eigenvalue weighted by molar-refractivity contribution is 5.33. The lowest BCUT2D eigenvalue weighted by molar-refractivity contribution is 0.347. The molecule has 0 radical (unpaired) electrons. The Morgan fingerprint density at radius 3 is 2.55 bits per heavy atom. The first-order valence-corrected chi connectivity index (χ1v) is 7.91. The van der Waals surface area contributed by atoms with Crippen molar-refractivity contribution in [2.75, 3.05) is 7.11 Å². The van der Waals surface area contributed by atoms with Crippen molar-refractivity contribution in [3.05, 3.63) is 29.8 Å². The molecule has 1 unspecified atom stereocenters. The van der Waals surface area contributed by atoms with Gasteiger partial charge in [-0.15, -0.1) is 0 Å². The van der Waals surface area contributed by atoms with Gasteiger partial charge in [0.1, 0.15) is 5.75 Å². The molecule has 112 valence electrons. The summed E-state index contributed by atoms with van der Waals surface area (Å²) in [4.78, 5) is 0. The van der Waals surface area contributed by atoms with E-state index in [1.165, 1.54) is 50.5 Å². The molecule has 1 saturated carbocycles. The third kappa shape index (κ3) is 4.50. The zero-order valence-electron chi connectivity index (χ0n) is 12.6. The average molecular weight is 276 g/mol. The fourth-order valence-electron chi connectivity index (χ4n) is 3.35. The Labute approximate surface area is 122 Å². The van der Waals surface area contributed by atoms with Crippen LogP contribution in [0, 0.1) is 5.92 Å². The van der Waals surface area contributed by atoms with Crippen molar-refractivity contribution in [1.29, 1.82) is 0 Å². The summed E-state index contributed by atoms with van der Waals surface area (Å²) in [6.07, 6.45) is 10.4. The van der Waals surface area contributed by atoms with Crippen LogP contribution >= 0.6 is 0 Å². The lowest BCUT2D eigenvalue weighted by atomic mass is 9.90. The van der Waals surface area contributed by atoms with Crippen LogP contribution in [-0.4, -0.2) is 13.2 Å². The zero-order valence-corrected chi connectivity index (χ0v) is 12.6. The standard InChI is InChI=1S/C17H28N2O/c1-20-17-11-7-6-10-15(17)13-16(19-18)12-14-8-4-2-3-5-9-14/h6-7,10-11,14,16,19H,2-5,8-9,12-13,18H2,1H3. The van der Waals surface area contributed by atoms with Crippen LogP contribution in [0.1, 0.15) is 50.5 Å². The second-order valence-electron chi connectivity index (χ2n) is 5.97. The molecule has 0 spiro atoms. The molecule has 20 heavy (non-hydrogen) atoms. The number of hydrazine groups is 1. The van der Waals surface area contributed by atoms with Gasteiger partial charge in [0.05, 0.1) is 7.11 Å². The van der Waals surface area contributed by atoms with Gasteiger partial charge in [-0.2, -0.15) is 0 Å². The molecule has 1 fully saturated rings. The van der Waals surface area contributed by atoms with Gasteiger partial charge in [0.25, 0.3) is 0 Å². The lowest BCUT2D eigenvalue weighted by Gasteiger charge is -2.22. The van der Waals surface area contributed by atoms with Crippen molar-refractivity contribution in [3.8, 4) is 5.75 Å². The lowest BCUT2D eigenvalue weighted by Crippen LogP contribution is -2.38. The topological polar surface area (TPSA) is 47.3 Å². The first-order chi connectivity index (χ1) is 9.83. The van der Waals surface area contributed by atoms with Crippen LogP contribution in [0.4, 0.5) is 0 Å². The van der Waals surface area contributed by atoms with Crippen LogP contribution in [0.15, 0.2) is 24.3 Å². The van der Waals surface area contributed by atoms with Crippen LogP contribution < -0.4 is 16.0 Å². The summed E-state index contributed by atoms with van der Waals surface area (Å²) in [5.74, 6) is 7.57. The molecule has 0 saturated heterocycles. The minimum absolute atomic E-state index is 0.342. The predicted octanol–water partition coefficient (Wildman–Crippen LogP) is 3.43. The molecule has 2 rings (SSSR count). The summed E-state index contributed by atoms with van der Waals surface area (Å²) in [7, 11) is 1.73. The van der Waals surface area contributed by atoms with E-state index in [9.17, 15) is 0 Å². The Balaban J connectivity index is 1.94. The van der Waals surface area contributed by atoms with Crippen molar-refractivity contribution in [2.45, 2.75) is 57.4 Å². The van der Waals surface area contributed by atoms with E-state index < -0.39 is 0 Å². The van der Waals surface area contributed by atoms with E-state index in [2.05, 4.69) is 17.6 Å². The van der Waals surface area contributed by atoms with Crippen LogP contribution in [0.25, 0.3) is 0 Å². The largest absolute Gasteiger partial charge is 0.496 e. The van der Waals surface area contributed by atoms with E-state index >= 15 is 0 Å². The van der Waals surface area contributed by atoms with Gasteiger partial charge in [0, 0.05) is 6.04 Å². The van der Waals surface area contributed by atoms with Gasteiger partial charge in [0.15, 0.2) is 0 Å². The zero-order chi connectivity index (χ0) is 14.2. The monoisotopic (exact) mass is 276 g/mol. The van der Waals surface area contributed by atoms with Gasteiger partial charge in [-0.3, -0.25) is 11.3 Å². The highest BCUT2D eigenvalue weighted by atomic mass is 16.5. The van der Waals surface area contributed by atoms with Crippen molar-refractivity contribution >= 4 is 0 Å². The summed E-state index contributed by atoms with van der Waals surface area (Å²) in [6.45, 7) is 0. The smallest absolute Gasteiger partial charge is 0.122 e. The molecule has 3 nitrogen and oxygen atoms in total. The summed E-state index contributed by atoms with van der Waals surface area (Å²) >= 11 is 0. The molecule has 0 bridgehead atoms. The maximum Gasteiger partial charge on any atom is 0.122 e. The fraction of sp³-hybridized carbons (Fsp3) is 0.647. The van der Waals surface area contributed by atoms with Crippen LogP contribution in [0.2, 0.25) is 0 Å².